The third-order valence-corrected chi connectivity index (χ3v) is 4.41. The number of nitrogens with one attached hydrogen (secondary N) is 1. The summed E-state index contributed by atoms with van der Waals surface area (Å²) < 4.78 is 1.96. The van der Waals surface area contributed by atoms with Crippen LogP contribution in [-0.4, -0.2) is 21.5 Å². The van der Waals surface area contributed by atoms with Crippen molar-refractivity contribution < 1.29 is 4.79 Å². The van der Waals surface area contributed by atoms with Crippen molar-refractivity contribution in [3.8, 4) is 0 Å². The summed E-state index contributed by atoms with van der Waals surface area (Å²) in [6, 6.07) is 7.11. The van der Waals surface area contributed by atoms with Gasteiger partial charge in [0.15, 0.2) is 5.16 Å². The molecule has 1 atom stereocenters. The lowest BCUT2D eigenvalue weighted by molar-refractivity contribution is -0.119. The van der Waals surface area contributed by atoms with Gasteiger partial charge in [0.25, 0.3) is 0 Å². The first kappa shape index (κ1) is 16.6. The summed E-state index contributed by atoms with van der Waals surface area (Å²) in [5.74, 6) is -0.169. The van der Waals surface area contributed by atoms with Gasteiger partial charge in [0.1, 0.15) is 0 Å². The Morgan fingerprint density at radius 2 is 1.95 bits per heavy atom. The van der Waals surface area contributed by atoms with Gasteiger partial charge in [0.2, 0.25) is 5.91 Å². The van der Waals surface area contributed by atoms with E-state index >= 15 is 0 Å². The molecule has 5 nitrogen and oxygen atoms in total. The van der Waals surface area contributed by atoms with Gasteiger partial charge in [-0.05, 0) is 29.7 Å². The quantitative estimate of drug-likeness (QED) is 0.909. The minimum absolute atomic E-state index is 0.169. The van der Waals surface area contributed by atoms with Crippen molar-refractivity contribution in [2.45, 2.75) is 36.9 Å². The Hall–Kier alpha value is -1.79. The lowest BCUT2D eigenvalue weighted by atomic mass is 9.87. The van der Waals surface area contributed by atoms with Crippen LogP contribution in [0.15, 0.2) is 46.7 Å². The Labute approximate surface area is 135 Å². The minimum atomic E-state index is -0.547. The highest BCUT2D eigenvalue weighted by atomic mass is 32.2. The molecular formula is C16H22N4OS. The summed E-state index contributed by atoms with van der Waals surface area (Å²) in [5, 5.41) is 3.77. The van der Waals surface area contributed by atoms with E-state index in [0.29, 0.717) is 0 Å². The lowest BCUT2D eigenvalue weighted by Crippen LogP contribution is -2.45. The Morgan fingerprint density at radius 3 is 2.45 bits per heavy atom. The summed E-state index contributed by atoms with van der Waals surface area (Å²) in [5.41, 5.74) is 6.43. The average molecular weight is 318 g/mol. The monoisotopic (exact) mass is 318 g/mol. The molecule has 0 saturated carbocycles. The molecule has 0 aliphatic carbocycles. The number of hydrogen-bond donors (Lipinski definition) is 2. The molecule has 0 fully saturated rings. The summed E-state index contributed by atoms with van der Waals surface area (Å²) in [7, 11) is 1.96. The van der Waals surface area contributed by atoms with E-state index in [2.05, 4.69) is 10.3 Å². The van der Waals surface area contributed by atoms with Gasteiger partial charge in [-0.25, -0.2) is 4.98 Å². The first-order chi connectivity index (χ1) is 10.3. The number of imidazole rings is 1. The summed E-state index contributed by atoms with van der Waals surface area (Å²) in [6.45, 7) is 5.84. The Morgan fingerprint density at radius 1 is 1.32 bits per heavy atom. The molecule has 0 spiro atoms. The second-order valence-electron chi connectivity index (χ2n) is 6.28. The number of nitrogens with two attached hydrogens (primary N) is 1. The lowest BCUT2D eigenvalue weighted by Gasteiger charge is -2.25. The Balaban J connectivity index is 2.00. The van der Waals surface area contributed by atoms with Crippen LogP contribution in [0.3, 0.4) is 0 Å². The van der Waals surface area contributed by atoms with Crippen molar-refractivity contribution in [3.63, 3.8) is 0 Å². The molecule has 1 aromatic heterocycles. The van der Waals surface area contributed by atoms with E-state index in [4.69, 9.17) is 5.73 Å². The van der Waals surface area contributed by atoms with Crippen molar-refractivity contribution >= 4 is 23.4 Å². The Bertz CT molecular complexity index is 643. The highest BCUT2D eigenvalue weighted by Gasteiger charge is 2.27. The molecule has 0 bridgehead atoms. The van der Waals surface area contributed by atoms with Crippen molar-refractivity contribution in [1.29, 1.82) is 0 Å². The normalized spacial score (nSPS) is 13.0. The number of carbonyl (C=O) groups excluding carboxylic acids is 1. The zero-order chi connectivity index (χ0) is 16.3. The topological polar surface area (TPSA) is 72.9 Å². The maximum Gasteiger partial charge on any atom is 0.241 e. The van der Waals surface area contributed by atoms with Gasteiger partial charge < -0.3 is 15.6 Å². The SMILES string of the molecule is Cn1ccnc1Sc1ccc(NC(=O)[C@@H](N)C(C)(C)C)cc1. The van der Waals surface area contributed by atoms with Gasteiger partial charge in [0, 0.05) is 30.0 Å². The number of rotatable bonds is 4. The molecule has 0 saturated heterocycles. The summed E-state index contributed by atoms with van der Waals surface area (Å²) in [6.07, 6.45) is 3.68. The molecule has 1 heterocycles. The van der Waals surface area contributed by atoms with Gasteiger partial charge in [-0.1, -0.05) is 32.5 Å². The van der Waals surface area contributed by atoms with Gasteiger partial charge in [-0.15, -0.1) is 0 Å². The van der Waals surface area contributed by atoms with Crippen LogP contribution in [0, 0.1) is 5.41 Å². The number of hydrogen-bond acceptors (Lipinski definition) is 4. The van der Waals surface area contributed by atoms with Crippen LogP contribution < -0.4 is 11.1 Å². The molecule has 0 aliphatic heterocycles. The maximum atomic E-state index is 12.1. The number of aryl methyl sites for hydroxylation is 1. The molecule has 2 aromatic rings. The second kappa shape index (κ2) is 6.54. The number of amides is 1. The smallest absolute Gasteiger partial charge is 0.241 e. The standard InChI is InChI=1S/C16H22N4OS/c1-16(2,3)13(17)14(21)19-11-5-7-12(8-6-11)22-15-18-9-10-20(15)4/h5-10,13H,17H2,1-4H3,(H,19,21)/t13-/m1/s1. The van der Waals surface area contributed by atoms with Crippen molar-refractivity contribution in [1.82, 2.24) is 9.55 Å². The van der Waals surface area contributed by atoms with E-state index in [1.54, 1.807) is 18.0 Å². The summed E-state index contributed by atoms with van der Waals surface area (Å²) in [4.78, 5) is 17.4. The minimum Gasteiger partial charge on any atom is -0.329 e. The van der Waals surface area contributed by atoms with Crippen molar-refractivity contribution in [2.24, 2.45) is 18.2 Å². The van der Waals surface area contributed by atoms with Gasteiger partial charge in [-0.2, -0.15) is 0 Å². The molecule has 0 unspecified atom stereocenters. The second-order valence-corrected chi connectivity index (χ2v) is 7.32. The zero-order valence-electron chi connectivity index (χ0n) is 13.3. The predicted molar refractivity (Wildman–Crippen MR) is 89.8 cm³/mol. The molecular weight excluding hydrogens is 296 g/mol. The highest BCUT2D eigenvalue weighted by Crippen LogP contribution is 2.27. The van der Waals surface area contributed by atoms with Crippen LogP contribution in [-0.2, 0) is 11.8 Å². The molecule has 0 radical (unpaired) electrons. The van der Waals surface area contributed by atoms with Crippen LogP contribution in [0.2, 0.25) is 0 Å². The van der Waals surface area contributed by atoms with Gasteiger partial charge in [0.05, 0.1) is 6.04 Å². The fourth-order valence-corrected chi connectivity index (χ4v) is 2.58. The fraction of sp³-hybridized carbons (Fsp3) is 0.375. The van der Waals surface area contributed by atoms with Crippen molar-refractivity contribution in [2.75, 3.05) is 5.32 Å². The van der Waals surface area contributed by atoms with Gasteiger partial charge in [-0.3, -0.25) is 4.79 Å². The van der Waals surface area contributed by atoms with Crippen LogP contribution in [0.4, 0.5) is 5.69 Å². The van der Waals surface area contributed by atoms with E-state index in [-0.39, 0.29) is 11.3 Å². The zero-order valence-corrected chi connectivity index (χ0v) is 14.1. The number of benzene rings is 1. The van der Waals surface area contributed by atoms with E-state index < -0.39 is 6.04 Å². The average Bonchev–Trinajstić information content (AvgIpc) is 2.84. The first-order valence-corrected chi connectivity index (χ1v) is 7.91. The van der Waals surface area contributed by atoms with Crippen LogP contribution >= 0.6 is 11.8 Å². The number of aromatic nitrogens is 2. The maximum absolute atomic E-state index is 12.1. The molecule has 0 aliphatic rings. The van der Waals surface area contributed by atoms with Crippen LogP contribution in [0.5, 0.6) is 0 Å². The van der Waals surface area contributed by atoms with E-state index in [0.717, 1.165) is 15.7 Å². The van der Waals surface area contributed by atoms with Crippen molar-refractivity contribution in [3.05, 3.63) is 36.7 Å². The number of anilines is 1. The Kier molecular flexibility index (Phi) is 4.93. The van der Waals surface area contributed by atoms with Crippen LogP contribution in [0.25, 0.3) is 0 Å². The van der Waals surface area contributed by atoms with E-state index in [1.807, 2.05) is 62.8 Å². The fourth-order valence-electron chi connectivity index (χ4n) is 1.78. The third kappa shape index (κ3) is 4.11. The highest BCUT2D eigenvalue weighted by molar-refractivity contribution is 7.99. The molecule has 118 valence electrons. The van der Waals surface area contributed by atoms with E-state index in [9.17, 15) is 4.79 Å². The predicted octanol–water partition coefficient (Wildman–Crippen LogP) is 2.88. The molecule has 3 N–H and O–H groups in total. The molecule has 6 heteroatoms. The molecule has 22 heavy (non-hydrogen) atoms. The van der Waals surface area contributed by atoms with E-state index in [1.165, 1.54) is 0 Å². The van der Waals surface area contributed by atoms with Crippen LogP contribution in [0.1, 0.15) is 20.8 Å². The third-order valence-electron chi connectivity index (χ3n) is 3.32. The number of carbonyl (C=O) groups is 1. The molecule has 1 aromatic carbocycles. The summed E-state index contributed by atoms with van der Waals surface area (Å²) >= 11 is 1.57. The molecule has 2 rings (SSSR count). The first-order valence-electron chi connectivity index (χ1n) is 7.09. The largest absolute Gasteiger partial charge is 0.329 e. The number of nitrogens with zero attached hydrogens (tertiary/aromatic N) is 2. The molecule has 1 amide bonds. The van der Waals surface area contributed by atoms with Gasteiger partial charge >= 0.3 is 0 Å².